The van der Waals surface area contributed by atoms with E-state index in [1.165, 1.54) is 0 Å². The second-order valence-electron chi connectivity index (χ2n) is 7.55. The van der Waals surface area contributed by atoms with Crippen molar-refractivity contribution in [3.8, 4) is 0 Å². The first kappa shape index (κ1) is 17.3. The summed E-state index contributed by atoms with van der Waals surface area (Å²) in [6.07, 6.45) is 1.71. The zero-order valence-corrected chi connectivity index (χ0v) is 15.9. The maximum atomic E-state index is 13.1. The molecule has 0 atom stereocenters. The van der Waals surface area contributed by atoms with Gasteiger partial charge in [-0.05, 0) is 44.2 Å². The van der Waals surface area contributed by atoms with Crippen molar-refractivity contribution >= 4 is 23.0 Å². The highest BCUT2D eigenvalue weighted by molar-refractivity contribution is 6.29. The minimum atomic E-state index is -0.889. The molecule has 0 amide bonds. The third kappa shape index (κ3) is 2.69. The van der Waals surface area contributed by atoms with Crippen LogP contribution in [0.25, 0.3) is 5.76 Å². The number of anilines is 1. The van der Waals surface area contributed by atoms with Gasteiger partial charge in [-0.2, -0.15) is 0 Å². The zero-order chi connectivity index (χ0) is 19.3. The van der Waals surface area contributed by atoms with Gasteiger partial charge in [-0.3, -0.25) is 9.59 Å². The van der Waals surface area contributed by atoms with Gasteiger partial charge in [0.2, 0.25) is 0 Å². The molecule has 1 heterocycles. The summed E-state index contributed by atoms with van der Waals surface area (Å²) in [5.74, 6) is 0.340. The van der Waals surface area contributed by atoms with Crippen LogP contribution in [0.2, 0.25) is 0 Å². The third-order valence-electron chi connectivity index (χ3n) is 5.07. The van der Waals surface area contributed by atoms with Crippen LogP contribution < -0.4 is 4.90 Å². The Labute approximate surface area is 158 Å². The highest BCUT2D eigenvalue weighted by atomic mass is 16.5. The molecule has 0 unspecified atom stereocenters. The van der Waals surface area contributed by atoms with Crippen LogP contribution in [-0.4, -0.2) is 31.3 Å². The molecule has 0 saturated heterocycles. The van der Waals surface area contributed by atoms with Crippen molar-refractivity contribution in [3.63, 3.8) is 0 Å². The predicted molar refractivity (Wildman–Crippen MR) is 106 cm³/mol. The second-order valence-corrected chi connectivity index (χ2v) is 7.55. The highest BCUT2D eigenvalue weighted by Gasteiger charge is 2.43. The lowest BCUT2D eigenvalue weighted by molar-refractivity contribution is 0.0794. The molecule has 0 bridgehead atoms. The van der Waals surface area contributed by atoms with Crippen molar-refractivity contribution < 1.29 is 14.3 Å². The molecule has 0 saturated carbocycles. The number of rotatable bonds is 2. The van der Waals surface area contributed by atoms with E-state index in [1.54, 1.807) is 30.3 Å². The minimum absolute atomic E-state index is 0.126. The van der Waals surface area contributed by atoms with Crippen molar-refractivity contribution in [1.29, 1.82) is 0 Å². The van der Waals surface area contributed by atoms with Crippen LogP contribution in [0, 0.1) is 0 Å². The fourth-order valence-electron chi connectivity index (χ4n) is 3.68. The average molecular weight is 359 g/mol. The molecule has 0 spiro atoms. The number of benzene rings is 2. The normalized spacial score (nSPS) is 17.7. The zero-order valence-electron chi connectivity index (χ0n) is 15.9. The van der Waals surface area contributed by atoms with E-state index in [4.69, 9.17) is 4.74 Å². The quantitative estimate of drug-likeness (QED) is 0.803. The standard InChI is InChI=1S/C23H21NO3/c1-23(2)20-18(21(25)16-7-5-6-8-17(16)22(20)26)13-19(27-23)14-9-11-15(12-10-14)24(3)4/h5-13H,1-4H3. The summed E-state index contributed by atoms with van der Waals surface area (Å²) in [4.78, 5) is 28.2. The Morgan fingerprint density at radius 2 is 1.44 bits per heavy atom. The summed E-state index contributed by atoms with van der Waals surface area (Å²) in [5, 5.41) is 0. The molecule has 0 fully saturated rings. The first-order chi connectivity index (χ1) is 12.8. The van der Waals surface area contributed by atoms with Crippen molar-refractivity contribution in [2.24, 2.45) is 0 Å². The summed E-state index contributed by atoms with van der Waals surface area (Å²) < 4.78 is 6.18. The molecule has 0 N–H and O–H groups in total. The number of allylic oxidation sites excluding steroid dienone is 2. The monoisotopic (exact) mass is 359 g/mol. The summed E-state index contributed by atoms with van der Waals surface area (Å²) in [6.45, 7) is 3.67. The number of hydrogen-bond acceptors (Lipinski definition) is 4. The van der Waals surface area contributed by atoms with Gasteiger partial charge in [0.1, 0.15) is 11.4 Å². The average Bonchev–Trinajstić information content (AvgIpc) is 2.65. The van der Waals surface area contributed by atoms with Crippen molar-refractivity contribution in [1.82, 2.24) is 0 Å². The van der Waals surface area contributed by atoms with Crippen LogP contribution in [0.1, 0.15) is 40.1 Å². The van der Waals surface area contributed by atoms with Gasteiger partial charge >= 0.3 is 0 Å². The number of carbonyl (C=O) groups excluding carboxylic acids is 2. The molecule has 4 heteroatoms. The number of nitrogens with zero attached hydrogens (tertiary/aromatic N) is 1. The van der Waals surface area contributed by atoms with Crippen LogP contribution in [0.4, 0.5) is 5.69 Å². The topological polar surface area (TPSA) is 46.6 Å². The van der Waals surface area contributed by atoms with Crippen LogP contribution in [-0.2, 0) is 4.74 Å². The van der Waals surface area contributed by atoms with E-state index in [2.05, 4.69) is 0 Å². The maximum Gasteiger partial charge on any atom is 0.194 e. The molecule has 4 nitrogen and oxygen atoms in total. The first-order valence-electron chi connectivity index (χ1n) is 8.91. The number of ketones is 2. The van der Waals surface area contributed by atoms with E-state index in [0.29, 0.717) is 28.0 Å². The number of carbonyl (C=O) groups is 2. The fraction of sp³-hybridized carbons (Fsp3) is 0.217. The lowest BCUT2D eigenvalue weighted by Crippen LogP contribution is -2.38. The maximum absolute atomic E-state index is 13.1. The highest BCUT2D eigenvalue weighted by Crippen LogP contribution is 2.42. The molecule has 0 radical (unpaired) electrons. The molecular weight excluding hydrogens is 338 g/mol. The summed E-state index contributed by atoms with van der Waals surface area (Å²) in [7, 11) is 3.96. The van der Waals surface area contributed by atoms with E-state index < -0.39 is 5.60 Å². The van der Waals surface area contributed by atoms with Gasteiger partial charge in [0.15, 0.2) is 11.6 Å². The smallest absolute Gasteiger partial charge is 0.194 e. The number of fused-ring (bicyclic) bond motifs is 1. The van der Waals surface area contributed by atoms with Gasteiger partial charge < -0.3 is 9.64 Å². The van der Waals surface area contributed by atoms with Crippen LogP contribution in [0.5, 0.6) is 0 Å². The Balaban J connectivity index is 1.85. The van der Waals surface area contributed by atoms with E-state index in [0.717, 1.165) is 11.3 Å². The Morgan fingerprint density at radius 1 is 0.852 bits per heavy atom. The molecule has 136 valence electrons. The third-order valence-corrected chi connectivity index (χ3v) is 5.07. The molecule has 4 rings (SSSR count). The summed E-state index contributed by atoms with van der Waals surface area (Å²) in [5.41, 5.74) is 2.83. The molecule has 2 aromatic rings. The van der Waals surface area contributed by atoms with Crippen molar-refractivity contribution in [2.45, 2.75) is 19.4 Å². The first-order valence-corrected chi connectivity index (χ1v) is 8.91. The van der Waals surface area contributed by atoms with Gasteiger partial charge in [-0.25, -0.2) is 0 Å². The fourth-order valence-corrected chi connectivity index (χ4v) is 3.68. The Hall–Kier alpha value is -3.14. The van der Waals surface area contributed by atoms with Gasteiger partial charge in [-0.1, -0.05) is 24.3 Å². The molecule has 2 aliphatic rings. The lowest BCUT2D eigenvalue weighted by Gasteiger charge is -2.37. The molecule has 27 heavy (non-hydrogen) atoms. The summed E-state index contributed by atoms with van der Waals surface area (Å²) in [6, 6.07) is 14.9. The van der Waals surface area contributed by atoms with Crippen LogP contribution in [0.3, 0.4) is 0 Å². The SMILES string of the molecule is CN(C)c1ccc(C2=CC3=C(C(=O)c4ccccc4C3=O)C(C)(C)O2)cc1. The minimum Gasteiger partial charge on any atom is -0.482 e. The molecule has 1 aliphatic carbocycles. The van der Waals surface area contributed by atoms with Gasteiger partial charge in [0.25, 0.3) is 0 Å². The largest absolute Gasteiger partial charge is 0.482 e. The van der Waals surface area contributed by atoms with Crippen molar-refractivity contribution in [2.75, 3.05) is 19.0 Å². The van der Waals surface area contributed by atoms with Crippen LogP contribution >= 0.6 is 0 Å². The number of hydrogen-bond donors (Lipinski definition) is 0. The van der Waals surface area contributed by atoms with E-state index in [-0.39, 0.29) is 11.6 Å². The van der Waals surface area contributed by atoms with Gasteiger partial charge in [0, 0.05) is 42.0 Å². The number of Topliss-reactive ketones (excluding diaryl/α,β-unsaturated/α-hetero) is 2. The number of ether oxygens (including phenoxy) is 1. The van der Waals surface area contributed by atoms with Crippen molar-refractivity contribution in [3.05, 3.63) is 82.4 Å². The Bertz CT molecular complexity index is 1020. The summed E-state index contributed by atoms with van der Waals surface area (Å²) >= 11 is 0. The molecule has 1 aliphatic heterocycles. The second kappa shape index (κ2) is 5.95. The van der Waals surface area contributed by atoms with Gasteiger partial charge in [0.05, 0.1) is 5.57 Å². The van der Waals surface area contributed by atoms with E-state index in [9.17, 15) is 9.59 Å². The van der Waals surface area contributed by atoms with Gasteiger partial charge in [-0.15, -0.1) is 0 Å². The van der Waals surface area contributed by atoms with E-state index >= 15 is 0 Å². The van der Waals surface area contributed by atoms with E-state index in [1.807, 2.05) is 57.1 Å². The Morgan fingerprint density at radius 3 is 2.04 bits per heavy atom. The molecular formula is C23H21NO3. The Kier molecular flexibility index (Phi) is 3.81. The molecule has 0 aromatic heterocycles. The van der Waals surface area contributed by atoms with Crippen LogP contribution in [0.15, 0.2) is 65.8 Å². The lowest BCUT2D eigenvalue weighted by atomic mass is 9.76. The predicted octanol–water partition coefficient (Wildman–Crippen LogP) is 4.28. The molecule has 2 aromatic carbocycles.